The van der Waals surface area contributed by atoms with E-state index in [0.29, 0.717) is 18.2 Å². The van der Waals surface area contributed by atoms with Crippen molar-refractivity contribution in [2.45, 2.75) is 63.7 Å². The van der Waals surface area contributed by atoms with E-state index in [1.807, 2.05) is 30.3 Å². The van der Waals surface area contributed by atoms with Crippen LogP contribution in [0, 0.1) is 0 Å². The van der Waals surface area contributed by atoms with Crippen molar-refractivity contribution in [3.63, 3.8) is 0 Å². The fourth-order valence-corrected chi connectivity index (χ4v) is 5.36. The molecule has 2 aliphatic rings. The Bertz CT molecular complexity index is 1040. The smallest absolute Gasteiger partial charge is 0.258 e. The fraction of sp³-hybridized carbons (Fsp3) is 0.517. The summed E-state index contributed by atoms with van der Waals surface area (Å²) in [6, 6.07) is 15.7. The van der Waals surface area contributed by atoms with Gasteiger partial charge in [-0.25, -0.2) is 4.39 Å². The first-order valence-electron chi connectivity index (χ1n) is 13.1. The highest BCUT2D eigenvalue weighted by molar-refractivity contribution is 6.09. The number of benzene rings is 2. The molecule has 4 rings (SSSR count). The van der Waals surface area contributed by atoms with Crippen molar-refractivity contribution in [3.8, 4) is 11.1 Å². The van der Waals surface area contributed by atoms with Gasteiger partial charge >= 0.3 is 0 Å². The Morgan fingerprint density at radius 1 is 1.06 bits per heavy atom. The van der Waals surface area contributed by atoms with Crippen LogP contribution in [0.1, 0.15) is 56.3 Å². The van der Waals surface area contributed by atoms with Gasteiger partial charge in [-0.2, -0.15) is 0 Å². The number of amides is 2. The zero-order valence-electron chi connectivity index (χ0n) is 21.7. The quantitative estimate of drug-likeness (QED) is 0.559. The molecule has 2 heterocycles. The number of hydrogen-bond acceptors (Lipinski definition) is 5. The monoisotopic (exact) mass is 494 g/mol. The Morgan fingerprint density at radius 2 is 1.75 bits per heavy atom. The standard InChI is InChI=1S/C29H39FN4O2/c1-29(2,30)20-34-18-15-23(16-19-34)33(3)22-13-11-21(12-14-22)24-8-4-5-9-25(24)27(35)32-28(36)26-10-6-7-17-31-26/h4-5,8-9,11-14,23,26,31H,6-7,10,15-20H2,1-3H3,(H,32,35,36)/t26-/m1/s1. The molecule has 2 N–H and O–H groups in total. The lowest BCUT2D eigenvalue weighted by Gasteiger charge is -2.39. The Kier molecular flexibility index (Phi) is 8.42. The third-order valence-corrected chi connectivity index (χ3v) is 7.33. The summed E-state index contributed by atoms with van der Waals surface area (Å²) in [5, 5.41) is 5.78. The van der Waals surface area contributed by atoms with Crippen molar-refractivity contribution in [1.29, 1.82) is 0 Å². The minimum Gasteiger partial charge on any atom is -0.372 e. The van der Waals surface area contributed by atoms with Crippen LogP contribution in [-0.2, 0) is 4.79 Å². The largest absolute Gasteiger partial charge is 0.372 e. The summed E-state index contributed by atoms with van der Waals surface area (Å²) in [6.45, 7) is 6.36. The van der Waals surface area contributed by atoms with Crippen molar-refractivity contribution >= 4 is 17.5 Å². The van der Waals surface area contributed by atoms with Crippen LogP contribution < -0.4 is 15.5 Å². The molecule has 36 heavy (non-hydrogen) atoms. The van der Waals surface area contributed by atoms with E-state index in [4.69, 9.17) is 0 Å². The van der Waals surface area contributed by atoms with Crippen molar-refractivity contribution < 1.29 is 14.0 Å². The molecular weight excluding hydrogens is 455 g/mol. The van der Waals surface area contributed by atoms with Crippen molar-refractivity contribution in [3.05, 3.63) is 54.1 Å². The minimum atomic E-state index is -1.16. The number of nitrogens with one attached hydrogen (secondary N) is 2. The van der Waals surface area contributed by atoms with Crippen LogP contribution in [0.15, 0.2) is 48.5 Å². The molecule has 0 spiro atoms. The van der Waals surface area contributed by atoms with Crippen LogP contribution in [0.4, 0.5) is 10.1 Å². The lowest BCUT2D eigenvalue weighted by atomic mass is 9.97. The second-order valence-electron chi connectivity index (χ2n) is 10.8. The predicted molar refractivity (Wildman–Crippen MR) is 143 cm³/mol. The summed E-state index contributed by atoms with van der Waals surface area (Å²) in [6.07, 6.45) is 4.80. The first-order valence-corrected chi connectivity index (χ1v) is 13.1. The molecule has 2 amide bonds. The van der Waals surface area contributed by atoms with Gasteiger partial charge in [0.15, 0.2) is 0 Å². The van der Waals surface area contributed by atoms with Gasteiger partial charge in [0.05, 0.1) is 6.04 Å². The topological polar surface area (TPSA) is 64.7 Å². The Morgan fingerprint density at radius 3 is 2.39 bits per heavy atom. The second kappa shape index (κ2) is 11.5. The first-order chi connectivity index (χ1) is 17.2. The molecule has 2 aliphatic heterocycles. The fourth-order valence-electron chi connectivity index (χ4n) is 5.36. The van der Waals surface area contributed by atoms with E-state index in [9.17, 15) is 14.0 Å². The maximum atomic E-state index is 14.0. The minimum absolute atomic E-state index is 0.257. The molecule has 0 saturated carbocycles. The Hall–Kier alpha value is -2.77. The van der Waals surface area contributed by atoms with Gasteiger partial charge in [0.1, 0.15) is 5.67 Å². The lowest BCUT2D eigenvalue weighted by Crippen LogP contribution is -2.48. The molecule has 2 saturated heterocycles. The van der Waals surface area contributed by atoms with Gasteiger partial charge in [-0.3, -0.25) is 14.9 Å². The van der Waals surface area contributed by atoms with E-state index in [1.54, 1.807) is 19.9 Å². The molecule has 2 fully saturated rings. The molecule has 0 unspecified atom stereocenters. The van der Waals surface area contributed by atoms with E-state index in [2.05, 4.69) is 39.6 Å². The molecule has 0 bridgehead atoms. The number of alkyl halides is 1. The maximum absolute atomic E-state index is 14.0. The van der Waals surface area contributed by atoms with Crippen molar-refractivity contribution in [1.82, 2.24) is 15.5 Å². The average molecular weight is 495 g/mol. The Labute approximate surface area is 214 Å². The number of rotatable bonds is 7. The molecule has 1 atom stereocenters. The molecule has 2 aromatic carbocycles. The van der Waals surface area contributed by atoms with Gasteiger partial charge in [-0.05, 0) is 75.4 Å². The molecule has 6 nitrogen and oxygen atoms in total. The highest BCUT2D eigenvalue weighted by Crippen LogP contribution is 2.28. The van der Waals surface area contributed by atoms with Crippen LogP contribution in [0.5, 0.6) is 0 Å². The van der Waals surface area contributed by atoms with Crippen LogP contribution >= 0.6 is 0 Å². The van der Waals surface area contributed by atoms with Crippen LogP contribution in [-0.4, -0.2) is 67.7 Å². The van der Waals surface area contributed by atoms with E-state index in [0.717, 1.165) is 68.6 Å². The molecular formula is C29H39FN4O2. The van der Waals surface area contributed by atoms with E-state index in [-0.39, 0.29) is 17.9 Å². The number of carbonyl (C=O) groups excluding carboxylic acids is 2. The van der Waals surface area contributed by atoms with Crippen LogP contribution in [0.25, 0.3) is 11.1 Å². The van der Waals surface area contributed by atoms with Gasteiger partial charge in [0.25, 0.3) is 5.91 Å². The number of halogens is 1. The number of carbonyl (C=O) groups is 2. The lowest BCUT2D eigenvalue weighted by molar-refractivity contribution is -0.122. The van der Waals surface area contributed by atoms with E-state index in [1.165, 1.54) is 0 Å². The second-order valence-corrected chi connectivity index (χ2v) is 10.8. The maximum Gasteiger partial charge on any atom is 0.258 e. The predicted octanol–water partition coefficient (Wildman–Crippen LogP) is 4.40. The number of hydrogen-bond donors (Lipinski definition) is 2. The summed E-state index contributed by atoms with van der Waals surface area (Å²) in [4.78, 5) is 30.1. The van der Waals surface area contributed by atoms with E-state index >= 15 is 0 Å². The summed E-state index contributed by atoms with van der Waals surface area (Å²) < 4.78 is 14.0. The Balaban J connectivity index is 1.40. The summed E-state index contributed by atoms with van der Waals surface area (Å²) in [5.41, 5.74) is 2.17. The van der Waals surface area contributed by atoms with E-state index < -0.39 is 5.67 Å². The summed E-state index contributed by atoms with van der Waals surface area (Å²) >= 11 is 0. The van der Waals surface area contributed by atoms with Gasteiger partial charge in [-0.1, -0.05) is 36.8 Å². The zero-order valence-corrected chi connectivity index (χ0v) is 21.7. The summed E-state index contributed by atoms with van der Waals surface area (Å²) in [7, 11) is 2.11. The summed E-state index contributed by atoms with van der Waals surface area (Å²) in [5.74, 6) is -0.625. The van der Waals surface area contributed by atoms with Gasteiger partial charge in [0.2, 0.25) is 5.91 Å². The van der Waals surface area contributed by atoms with Gasteiger partial charge in [0, 0.05) is 44.0 Å². The van der Waals surface area contributed by atoms with Crippen molar-refractivity contribution in [2.75, 3.05) is 38.1 Å². The van der Waals surface area contributed by atoms with Gasteiger partial charge in [-0.15, -0.1) is 0 Å². The van der Waals surface area contributed by atoms with Crippen molar-refractivity contribution in [2.24, 2.45) is 0 Å². The molecule has 0 aliphatic carbocycles. The normalized spacial score (nSPS) is 19.6. The first kappa shape index (κ1) is 26.3. The molecule has 7 heteroatoms. The molecule has 0 aromatic heterocycles. The molecule has 194 valence electrons. The average Bonchev–Trinajstić information content (AvgIpc) is 2.88. The number of anilines is 1. The third-order valence-electron chi connectivity index (χ3n) is 7.33. The zero-order chi connectivity index (χ0) is 25.7. The number of likely N-dealkylation sites (tertiary alicyclic amines) is 1. The van der Waals surface area contributed by atoms with Gasteiger partial charge < -0.3 is 15.1 Å². The van der Waals surface area contributed by atoms with Crippen LogP contribution in [0.2, 0.25) is 0 Å². The molecule has 2 aromatic rings. The third kappa shape index (κ3) is 6.71. The highest BCUT2D eigenvalue weighted by atomic mass is 19.1. The number of piperidine rings is 2. The molecule has 0 radical (unpaired) electrons. The SMILES string of the molecule is CN(c1ccc(-c2ccccc2C(=O)NC(=O)[C@H]2CCCCN2)cc1)C1CCN(CC(C)(C)F)CC1. The number of imide groups is 1. The van der Waals surface area contributed by atoms with Crippen LogP contribution in [0.3, 0.4) is 0 Å². The highest BCUT2D eigenvalue weighted by Gasteiger charge is 2.27. The number of nitrogens with zero attached hydrogens (tertiary/aromatic N) is 2.